The summed E-state index contributed by atoms with van der Waals surface area (Å²) in [5.41, 5.74) is 0. The van der Waals surface area contributed by atoms with Gasteiger partial charge < -0.3 is 14.2 Å². The molecule has 0 aromatic heterocycles. The molecule has 0 bridgehead atoms. The lowest BCUT2D eigenvalue weighted by Gasteiger charge is -2.18. The Balaban J connectivity index is 4.16. The highest BCUT2D eigenvalue weighted by atomic mass is 16.6. The minimum atomic E-state index is -0.755. The molecule has 0 unspecified atom stereocenters. The Hall–Kier alpha value is -1.59. The van der Waals surface area contributed by atoms with Gasteiger partial charge in [0.15, 0.2) is 6.10 Å². The van der Waals surface area contributed by atoms with Gasteiger partial charge in [0, 0.05) is 19.3 Å². The summed E-state index contributed by atoms with van der Waals surface area (Å²) in [5.74, 6) is -0.870. The fraction of sp³-hybridized carbons (Fsp3) is 0.930. The van der Waals surface area contributed by atoms with Crippen LogP contribution >= 0.6 is 0 Å². The fourth-order valence-corrected chi connectivity index (χ4v) is 6.32. The van der Waals surface area contributed by atoms with Crippen LogP contribution in [0, 0.1) is 0 Å². The number of unbranched alkanes of at least 4 members (excludes halogenated alkanes) is 28. The highest BCUT2D eigenvalue weighted by molar-refractivity contribution is 5.71. The molecule has 0 saturated carbocycles. The van der Waals surface area contributed by atoms with Gasteiger partial charge in [0.1, 0.15) is 13.2 Å². The molecule has 0 spiro atoms. The number of carbonyl (C=O) groups excluding carboxylic acids is 3. The van der Waals surface area contributed by atoms with Crippen molar-refractivity contribution < 1.29 is 28.6 Å². The largest absolute Gasteiger partial charge is 0.462 e. The van der Waals surface area contributed by atoms with Crippen LogP contribution < -0.4 is 0 Å². The highest BCUT2D eigenvalue weighted by Crippen LogP contribution is 2.15. The van der Waals surface area contributed by atoms with Crippen LogP contribution in [0.3, 0.4) is 0 Å². The number of esters is 3. The Morgan fingerprint density at radius 3 is 0.816 bits per heavy atom. The van der Waals surface area contributed by atoms with Crippen LogP contribution in [0.5, 0.6) is 0 Å². The zero-order valence-corrected chi connectivity index (χ0v) is 33.0. The molecular formula is C43H82O6. The molecule has 0 radical (unpaired) electrons. The van der Waals surface area contributed by atoms with Crippen molar-refractivity contribution in [1.29, 1.82) is 0 Å². The number of rotatable bonds is 39. The summed E-state index contributed by atoms with van der Waals surface area (Å²) in [6, 6.07) is 0. The number of hydrogen-bond donors (Lipinski definition) is 0. The van der Waals surface area contributed by atoms with Crippen molar-refractivity contribution in [3.8, 4) is 0 Å². The minimum absolute atomic E-state index is 0.0646. The predicted molar refractivity (Wildman–Crippen MR) is 206 cm³/mol. The minimum Gasteiger partial charge on any atom is -0.462 e. The van der Waals surface area contributed by atoms with E-state index < -0.39 is 6.10 Å². The third-order valence-corrected chi connectivity index (χ3v) is 9.61. The fourth-order valence-electron chi connectivity index (χ4n) is 6.32. The Morgan fingerprint density at radius 1 is 0.327 bits per heavy atom. The first-order chi connectivity index (χ1) is 24.0. The van der Waals surface area contributed by atoms with E-state index in [2.05, 4.69) is 20.8 Å². The van der Waals surface area contributed by atoms with E-state index in [9.17, 15) is 14.4 Å². The van der Waals surface area contributed by atoms with Gasteiger partial charge in [0.05, 0.1) is 0 Å². The molecule has 49 heavy (non-hydrogen) atoms. The van der Waals surface area contributed by atoms with Crippen molar-refractivity contribution in [3.05, 3.63) is 0 Å². The zero-order valence-electron chi connectivity index (χ0n) is 33.0. The lowest BCUT2D eigenvalue weighted by atomic mass is 10.0. The second-order valence-electron chi connectivity index (χ2n) is 14.6. The van der Waals surface area contributed by atoms with Crippen molar-refractivity contribution >= 4 is 17.9 Å². The van der Waals surface area contributed by atoms with E-state index in [0.717, 1.165) is 64.2 Å². The lowest BCUT2D eigenvalue weighted by molar-refractivity contribution is -0.167. The Labute approximate surface area is 304 Å². The summed E-state index contributed by atoms with van der Waals surface area (Å²) in [7, 11) is 0. The zero-order chi connectivity index (χ0) is 35.9. The highest BCUT2D eigenvalue weighted by Gasteiger charge is 2.19. The van der Waals surface area contributed by atoms with Crippen molar-refractivity contribution in [1.82, 2.24) is 0 Å². The molecule has 1 atom stereocenters. The van der Waals surface area contributed by atoms with Gasteiger partial charge in [-0.1, -0.05) is 201 Å². The van der Waals surface area contributed by atoms with E-state index in [1.54, 1.807) is 0 Å². The average molecular weight is 695 g/mol. The molecule has 0 aromatic carbocycles. The van der Waals surface area contributed by atoms with Crippen molar-refractivity contribution in [2.75, 3.05) is 13.2 Å². The summed E-state index contributed by atoms with van der Waals surface area (Å²) < 4.78 is 16.6. The van der Waals surface area contributed by atoms with Crippen molar-refractivity contribution in [3.63, 3.8) is 0 Å². The van der Waals surface area contributed by atoms with Crippen LogP contribution in [0.2, 0.25) is 0 Å². The summed E-state index contributed by atoms with van der Waals surface area (Å²) in [5, 5.41) is 0. The Morgan fingerprint density at radius 2 is 0.551 bits per heavy atom. The van der Waals surface area contributed by atoms with Crippen LogP contribution in [0.25, 0.3) is 0 Å². The number of ether oxygens (including phenoxy) is 3. The standard InChI is InChI=1S/C43H82O6/c1-4-7-10-13-15-17-19-21-22-24-26-28-31-33-36-42(45)48-39-40(49-43(46)37-34-29-12-9-6-3)38-47-41(44)35-32-30-27-25-23-20-18-16-14-11-8-5-2/h40H,4-39H2,1-3H3/t40-/m0/s1. The maximum atomic E-state index is 12.5. The van der Waals surface area contributed by atoms with Gasteiger partial charge >= 0.3 is 17.9 Å². The second-order valence-corrected chi connectivity index (χ2v) is 14.6. The molecular weight excluding hydrogens is 612 g/mol. The van der Waals surface area contributed by atoms with Crippen LogP contribution in [0.4, 0.5) is 0 Å². The van der Waals surface area contributed by atoms with Gasteiger partial charge in [-0.05, 0) is 19.3 Å². The predicted octanol–water partition coefficient (Wildman–Crippen LogP) is 13.3. The molecule has 0 heterocycles. The van der Waals surface area contributed by atoms with E-state index in [1.807, 2.05) is 0 Å². The van der Waals surface area contributed by atoms with Crippen LogP contribution in [0.1, 0.15) is 239 Å². The van der Waals surface area contributed by atoms with Gasteiger partial charge in [0.25, 0.3) is 0 Å². The molecule has 0 rings (SSSR count). The van der Waals surface area contributed by atoms with E-state index in [4.69, 9.17) is 14.2 Å². The normalized spacial score (nSPS) is 11.8. The molecule has 290 valence electrons. The van der Waals surface area contributed by atoms with Crippen molar-refractivity contribution in [2.45, 2.75) is 245 Å². The lowest BCUT2D eigenvalue weighted by Crippen LogP contribution is -2.30. The van der Waals surface area contributed by atoms with Crippen LogP contribution in [-0.2, 0) is 28.6 Å². The maximum absolute atomic E-state index is 12.5. The van der Waals surface area contributed by atoms with Gasteiger partial charge in [0.2, 0.25) is 0 Å². The summed E-state index contributed by atoms with van der Waals surface area (Å²) >= 11 is 0. The molecule has 0 aliphatic carbocycles. The monoisotopic (exact) mass is 695 g/mol. The maximum Gasteiger partial charge on any atom is 0.306 e. The Bertz CT molecular complexity index is 723. The van der Waals surface area contributed by atoms with Gasteiger partial charge in [-0.3, -0.25) is 14.4 Å². The molecule has 0 fully saturated rings. The quantitative estimate of drug-likeness (QED) is 0.0362. The molecule has 6 heteroatoms. The van der Waals surface area contributed by atoms with Crippen molar-refractivity contribution in [2.24, 2.45) is 0 Å². The van der Waals surface area contributed by atoms with Gasteiger partial charge in [-0.25, -0.2) is 0 Å². The molecule has 0 N–H and O–H groups in total. The number of carbonyl (C=O) groups is 3. The molecule has 0 aliphatic rings. The Kier molecular flexibility index (Phi) is 37.9. The van der Waals surface area contributed by atoms with E-state index in [1.165, 1.54) is 135 Å². The first-order valence-corrected chi connectivity index (χ1v) is 21.5. The molecule has 6 nitrogen and oxygen atoms in total. The first-order valence-electron chi connectivity index (χ1n) is 21.5. The smallest absolute Gasteiger partial charge is 0.306 e. The molecule has 0 saturated heterocycles. The van der Waals surface area contributed by atoms with Crippen LogP contribution in [0.15, 0.2) is 0 Å². The van der Waals surface area contributed by atoms with E-state index in [-0.39, 0.29) is 31.1 Å². The second kappa shape index (κ2) is 39.2. The third kappa shape index (κ3) is 37.5. The summed E-state index contributed by atoms with van der Waals surface area (Å²) in [6.45, 7) is 6.56. The number of hydrogen-bond acceptors (Lipinski definition) is 6. The molecule has 0 aliphatic heterocycles. The van der Waals surface area contributed by atoms with Crippen LogP contribution in [-0.4, -0.2) is 37.2 Å². The molecule has 0 amide bonds. The summed E-state index contributed by atoms with van der Waals surface area (Å²) in [6.07, 6.45) is 38.2. The van der Waals surface area contributed by atoms with E-state index >= 15 is 0 Å². The third-order valence-electron chi connectivity index (χ3n) is 9.61. The van der Waals surface area contributed by atoms with Gasteiger partial charge in [-0.15, -0.1) is 0 Å². The first kappa shape index (κ1) is 47.4. The topological polar surface area (TPSA) is 78.9 Å². The van der Waals surface area contributed by atoms with Gasteiger partial charge in [-0.2, -0.15) is 0 Å². The SMILES string of the molecule is CCCCCCCCCCCCCCCCC(=O)OC[C@H](COC(=O)CCCCCCCCCCCCCC)OC(=O)CCCCCCC. The average Bonchev–Trinajstić information content (AvgIpc) is 3.09. The molecule has 0 aromatic rings. The van der Waals surface area contributed by atoms with E-state index in [0.29, 0.717) is 19.3 Å². The summed E-state index contributed by atoms with van der Waals surface area (Å²) in [4.78, 5) is 37.3.